The summed E-state index contributed by atoms with van der Waals surface area (Å²) in [5.74, 6) is -0.0899. The fourth-order valence-corrected chi connectivity index (χ4v) is 2.07. The Morgan fingerprint density at radius 3 is 2.57 bits per heavy atom. The van der Waals surface area contributed by atoms with Crippen molar-refractivity contribution in [3.05, 3.63) is 33.9 Å². The molecule has 6 nitrogen and oxygen atoms in total. The minimum Gasteiger partial charge on any atom is -0.508 e. The van der Waals surface area contributed by atoms with Crippen LogP contribution in [0.3, 0.4) is 0 Å². The summed E-state index contributed by atoms with van der Waals surface area (Å²) in [5, 5.41) is 23.1. The van der Waals surface area contributed by atoms with E-state index >= 15 is 0 Å². The van der Waals surface area contributed by atoms with E-state index in [0.29, 0.717) is 5.92 Å². The highest BCUT2D eigenvalue weighted by molar-refractivity contribution is 5.98. The number of hydrogen-bond acceptors (Lipinski definition) is 4. The highest BCUT2D eigenvalue weighted by Crippen LogP contribution is 2.23. The summed E-state index contributed by atoms with van der Waals surface area (Å²) in [7, 11) is 0. The van der Waals surface area contributed by atoms with Gasteiger partial charge < -0.3 is 10.4 Å². The zero-order valence-electron chi connectivity index (χ0n) is 12.6. The van der Waals surface area contributed by atoms with Gasteiger partial charge in [-0.1, -0.05) is 26.7 Å². The molecule has 0 bridgehead atoms. The third-order valence-electron chi connectivity index (χ3n) is 3.22. The Balaban J connectivity index is 2.71. The smallest absolute Gasteiger partial charge is 0.282 e. The van der Waals surface area contributed by atoms with Gasteiger partial charge in [-0.05, 0) is 31.4 Å². The number of carbonyl (C=O) groups excluding carboxylic acids is 1. The largest absolute Gasteiger partial charge is 0.508 e. The third-order valence-corrected chi connectivity index (χ3v) is 3.22. The van der Waals surface area contributed by atoms with Crippen LogP contribution in [0.2, 0.25) is 0 Å². The lowest BCUT2D eigenvalue weighted by Gasteiger charge is -2.14. The molecule has 1 rings (SSSR count). The number of carbonyl (C=O) groups is 1. The van der Waals surface area contributed by atoms with Crippen LogP contribution < -0.4 is 5.32 Å². The molecule has 0 spiro atoms. The first-order valence-electron chi connectivity index (χ1n) is 7.09. The average Bonchev–Trinajstić information content (AvgIpc) is 2.37. The van der Waals surface area contributed by atoms with E-state index in [1.165, 1.54) is 6.07 Å². The highest BCUT2D eigenvalue weighted by atomic mass is 16.6. The molecule has 1 aromatic rings. The van der Waals surface area contributed by atoms with Gasteiger partial charge in [0.2, 0.25) is 0 Å². The number of nitrogens with one attached hydrogen (secondary N) is 1. The van der Waals surface area contributed by atoms with Crippen molar-refractivity contribution in [2.75, 3.05) is 0 Å². The van der Waals surface area contributed by atoms with Crippen LogP contribution in [0.4, 0.5) is 5.69 Å². The van der Waals surface area contributed by atoms with Crippen LogP contribution in [0.1, 0.15) is 50.4 Å². The summed E-state index contributed by atoms with van der Waals surface area (Å²) in [5.41, 5.74) is -0.421. The summed E-state index contributed by atoms with van der Waals surface area (Å²) in [6.45, 7) is 6.14. The van der Waals surface area contributed by atoms with Crippen molar-refractivity contribution < 1.29 is 14.8 Å². The number of aromatic hydroxyl groups is 1. The molecule has 0 aliphatic carbocycles. The Labute approximate surface area is 124 Å². The predicted octanol–water partition coefficient (Wildman–Crippen LogP) is 3.25. The van der Waals surface area contributed by atoms with Crippen molar-refractivity contribution in [1.82, 2.24) is 5.32 Å². The van der Waals surface area contributed by atoms with Gasteiger partial charge in [0, 0.05) is 12.1 Å². The van der Waals surface area contributed by atoms with Gasteiger partial charge >= 0.3 is 0 Å². The Morgan fingerprint density at radius 2 is 2.00 bits per heavy atom. The number of hydrogen-bond donors (Lipinski definition) is 2. The minimum absolute atomic E-state index is 0.0711. The molecule has 1 amide bonds. The van der Waals surface area contributed by atoms with Crippen LogP contribution in [0.5, 0.6) is 5.75 Å². The van der Waals surface area contributed by atoms with E-state index in [1.54, 1.807) is 0 Å². The summed E-state index contributed by atoms with van der Waals surface area (Å²) in [6, 6.07) is 3.38. The number of nitro benzene ring substituents is 1. The molecule has 0 aromatic heterocycles. The van der Waals surface area contributed by atoms with Gasteiger partial charge in [0.25, 0.3) is 11.6 Å². The molecule has 2 N–H and O–H groups in total. The van der Waals surface area contributed by atoms with E-state index < -0.39 is 10.8 Å². The fourth-order valence-electron chi connectivity index (χ4n) is 2.07. The monoisotopic (exact) mass is 294 g/mol. The van der Waals surface area contributed by atoms with Gasteiger partial charge in [-0.15, -0.1) is 0 Å². The van der Waals surface area contributed by atoms with Crippen LogP contribution in [-0.2, 0) is 0 Å². The van der Waals surface area contributed by atoms with Crippen molar-refractivity contribution in [2.45, 2.75) is 46.1 Å². The van der Waals surface area contributed by atoms with Crippen molar-refractivity contribution in [3.8, 4) is 5.75 Å². The molecule has 1 atom stereocenters. The summed E-state index contributed by atoms with van der Waals surface area (Å²) < 4.78 is 0. The van der Waals surface area contributed by atoms with E-state index in [4.69, 9.17) is 0 Å². The van der Waals surface area contributed by atoms with E-state index in [2.05, 4.69) is 19.2 Å². The lowest BCUT2D eigenvalue weighted by atomic mass is 10.0. The first-order chi connectivity index (χ1) is 9.81. The van der Waals surface area contributed by atoms with E-state index in [1.807, 2.05) is 6.92 Å². The van der Waals surface area contributed by atoms with Gasteiger partial charge in [-0.3, -0.25) is 14.9 Å². The normalized spacial score (nSPS) is 12.2. The Hall–Kier alpha value is -2.11. The van der Waals surface area contributed by atoms with Crippen LogP contribution in [0, 0.1) is 16.0 Å². The maximum atomic E-state index is 12.1. The molecule has 0 aliphatic rings. The van der Waals surface area contributed by atoms with E-state index in [-0.39, 0.29) is 23.0 Å². The molecular formula is C15H22N2O4. The Bertz CT molecular complexity index is 514. The SMILES string of the molecule is CC(C)CCCC(C)NC(=O)c1cc(O)ccc1[N+](=O)[O-]. The standard InChI is InChI=1S/C15H22N2O4/c1-10(2)5-4-6-11(3)16-15(19)13-9-12(18)7-8-14(13)17(20)21/h7-11,18H,4-6H2,1-3H3,(H,16,19). The van der Waals surface area contributed by atoms with Gasteiger partial charge in [0.05, 0.1) is 4.92 Å². The topological polar surface area (TPSA) is 92.5 Å². The molecule has 0 radical (unpaired) electrons. The molecule has 0 saturated heterocycles. The number of nitro groups is 1. The fraction of sp³-hybridized carbons (Fsp3) is 0.533. The van der Waals surface area contributed by atoms with Gasteiger partial charge in [-0.25, -0.2) is 0 Å². The summed E-state index contributed by atoms with van der Waals surface area (Å²) in [6.07, 6.45) is 2.88. The first-order valence-corrected chi connectivity index (χ1v) is 7.09. The van der Waals surface area contributed by atoms with Crippen molar-refractivity contribution in [1.29, 1.82) is 0 Å². The zero-order chi connectivity index (χ0) is 16.0. The second kappa shape index (κ2) is 7.61. The predicted molar refractivity (Wildman–Crippen MR) is 80.4 cm³/mol. The van der Waals surface area contributed by atoms with Crippen LogP contribution in [-0.4, -0.2) is 22.0 Å². The molecular weight excluding hydrogens is 272 g/mol. The molecule has 0 aliphatic heterocycles. The zero-order valence-corrected chi connectivity index (χ0v) is 12.6. The van der Waals surface area contributed by atoms with Crippen LogP contribution in [0.25, 0.3) is 0 Å². The second-order valence-corrected chi connectivity index (χ2v) is 5.66. The molecule has 0 saturated carbocycles. The number of amides is 1. The Morgan fingerprint density at radius 1 is 1.33 bits per heavy atom. The molecule has 1 aromatic carbocycles. The quantitative estimate of drug-likeness (QED) is 0.596. The van der Waals surface area contributed by atoms with Gasteiger partial charge in [0.1, 0.15) is 11.3 Å². The van der Waals surface area contributed by atoms with Crippen LogP contribution in [0.15, 0.2) is 18.2 Å². The number of benzene rings is 1. The number of phenolic OH excluding ortho intramolecular Hbond substituents is 1. The molecule has 0 fully saturated rings. The molecule has 6 heteroatoms. The van der Waals surface area contributed by atoms with Gasteiger partial charge in [0.15, 0.2) is 0 Å². The van der Waals surface area contributed by atoms with Gasteiger partial charge in [-0.2, -0.15) is 0 Å². The van der Waals surface area contributed by atoms with Crippen molar-refractivity contribution in [2.24, 2.45) is 5.92 Å². The maximum absolute atomic E-state index is 12.1. The number of phenols is 1. The minimum atomic E-state index is -0.627. The average molecular weight is 294 g/mol. The lowest BCUT2D eigenvalue weighted by molar-refractivity contribution is -0.385. The second-order valence-electron chi connectivity index (χ2n) is 5.66. The lowest BCUT2D eigenvalue weighted by Crippen LogP contribution is -2.32. The molecule has 116 valence electrons. The number of nitrogens with zero attached hydrogens (tertiary/aromatic N) is 1. The van der Waals surface area contributed by atoms with Crippen LogP contribution >= 0.6 is 0 Å². The number of rotatable bonds is 7. The molecule has 1 unspecified atom stereocenters. The van der Waals surface area contributed by atoms with Crippen molar-refractivity contribution in [3.63, 3.8) is 0 Å². The summed E-state index contributed by atoms with van der Waals surface area (Å²) in [4.78, 5) is 22.4. The first kappa shape index (κ1) is 16.9. The third kappa shape index (κ3) is 5.41. The molecule has 21 heavy (non-hydrogen) atoms. The summed E-state index contributed by atoms with van der Waals surface area (Å²) >= 11 is 0. The molecule has 0 heterocycles. The van der Waals surface area contributed by atoms with E-state index in [9.17, 15) is 20.0 Å². The van der Waals surface area contributed by atoms with E-state index in [0.717, 1.165) is 31.4 Å². The van der Waals surface area contributed by atoms with Crippen molar-refractivity contribution >= 4 is 11.6 Å². The maximum Gasteiger partial charge on any atom is 0.282 e. The highest BCUT2D eigenvalue weighted by Gasteiger charge is 2.21. The Kier molecular flexibility index (Phi) is 6.14.